The summed E-state index contributed by atoms with van der Waals surface area (Å²) >= 11 is 1.97. The van der Waals surface area contributed by atoms with E-state index < -0.39 is 5.92 Å². The van der Waals surface area contributed by atoms with Crippen LogP contribution in [0.1, 0.15) is 32.1 Å². The van der Waals surface area contributed by atoms with Gasteiger partial charge in [0.15, 0.2) is 0 Å². The Morgan fingerprint density at radius 3 is 2.36 bits per heavy atom. The number of hydrogen-bond acceptors (Lipinski definition) is 2. The van der Waals surface area contributed by atoms with Crippen LogP contribution in [0.25, 0.3) is 0 Å². The van der Waals surface area contributed by atoms with Crippen molar-refractivity contribution in [2.24, 2.45) is 0 Å². The van der Waals surface area contributed by atoms with Crippen molar-refractivity contribution in [3.05, 3.63) is 0 Å². The predicted octanol–water partition coefficient (Wildman–Crippen LogP) is 2.66. The van der Waals surface area contributed by atoms with E-state index in [1.807, 2.05) is 11.8 Å². The molecule has 0 bridgehead atoms. The second-order valence-electron chi connectivity index (χ2n) is 4.35. The molecule has 82 valence electrons. The summed E-state index contributed by atoms with van der Waals surface area (Å²) in [6.07, 6.45) is 3.07. The van der Waals surface area contributed by atoms with Gasteiger partial charge in [-0.3, -0.25) is 0 Å². The molecule has 1 saturated heterocycles. The van der Waals surface area contributed by atoms with Crippen molar-refractivity contribution >= 4 is 11.8 Å². The molecule has 0 radical (unpaired) electrons. The predicted molar refractivity (Wildman–Crippen MR) is 56.1 cm³/mol. The Labute approximate surface area is 88.0 Å². The van der Waals surface area contributed by atoms with E-state index in [4.69, 9.17) is 0 Å². The second-order valence-corrected chi connectivity index (χ2v) is 5.57. The van der Waals surface area contributed by atoms with Crippen molar-refractivity contribution in [2.75, 3.05) is 11.5 Å². The van der Waals surface area contributed by atoms with Crippen molar-refractivity contribution in [1.82, 2.24) is 5.32 Å². The minimum absolute atomic E-state index is 0.0522. The third-order valence-corrected chi connectivity index (χ3v) is 4.15. The van der Waals surface area contributed by atoms with Gasteiger partial charge in [0.05, 0.1) is 0 Å². The van der Waals surface area contributed by atoms with E-state index in [0.29, 0.717) is 12.5 Å². The van der Waals surface area contributed by atoms with Crippen LogP contribution in [0.4, 0.5) is 8.78 Å². The molecule has 0 aromatic rings. The Bertz CT molecular complexity index is 193. The molecule has 0 aromatic heterocycles. The summed E-state index contributed by atoms with van der Waals surface area (Å²) in [5, 5.41) is 3.38. The van der Waals surface area contributed by atoms with Crippen LogP contribution in [0, 0.1) is 0 Å². The first-order valence-electron chi connectivity index (χ1n) is 5.37. The highest BCUT2D eigenvalue weighted by Crippen LogP contribution is 2.35. The SMILES string of the molecule is FC1(F)CCC(NC2CCSCC2)C1. The molecule has 4 heteroatoms. The number of rotatable bonds is 2. The summed E-state index contributed by atoms with van der Waals surface area (Å²) in [7, 11) is 0. The van der Waals surface area contributed by atoms with E-state index in [0.717, 1.165) is 12.8 Å². The lowest BCUT2D eigenvalue weighted by atomic mass is 10.1. The van der Waals surface area contributed by atoms with Crippen LogP contribution < -0.4 is 5.32 Å². The van der Waals surface area contributed by atoms with Gasteiger partial charge in [-0.2, -0.15) is 11.8 Å². The van der Waals surface area contributed by atoms with E-state index in [-0.39, 0.29) is 18.9 Å². The van der Waals surface area contributed by atoms with Gasteiger partial charge >= 0.3 is 0 Å². The fourth-order valence-electron chi connectivity index (χ4n) is 2.29. The Morgan fingerprint density at radius 1 is 1.07 bits per heavy atom. The summed E-state index contributed by atoms with van der Waals surface area (Å²) in [4.78, 5) is 0. The van der Waals surface area contributed by atoms with Crippen molar-refractivity contribution in [1.29, 1.82) is 0 Å². The van der Waals surface area contributed by atoms with Gasteiger partial charge in [0.2, 0.25) is 5.92 Å². The summed E-state index contributed by atoms with van der Waals surface area (Å²) in [5.74, 6) is -0.0390. The number of hydrogen-bond donors (Lipinski definition) is 1. The molecule has 1 saturated carbocycles. The quantitative estimate of drug-likeness (QED) is 0.769. The Balaban J connectivity index is 1.75. The van der Waals surface area contributed by atoms with Gasteiger partial charge in [0.1, 0.15) is 0 Å². The minimum Gasteiger partial charge on any atom is -0.311 e. The summed E-state index contributed by atoms with van der Waals surface area (Å²) in [6, 6.07) is 0.563. The summed E-state index contributed by atoms with van der Waals surface area (Å²) in [6.45, 7) is 0. The molecule has 0 aromatic carbocycles. The molecule has 0 spiro atoms. The molecule has 1 N–H and O–H groups in total. The van der Waals surface area contributed by atoms with Gasteiger partial charge < -0.3 is 5.32 Å². The highest BCUT2D eigenvalue weighted by Gasteiger charge is 2.39. The Hall–Kier alpha value is 0.170. The zero-order valence-corrected chi connectivity index (χ0v) is 9.09. The van der Waals surface area contributed by atoms with Gasteiger partial charge in [0, 0.05) is 24.9 Å². The van der Waals surface area contributed by atoms with Gasteiger partial charge in [-0.1, -0.05) is 0 Å². The Kier molecular flexibility index (Phi) is 3.32. The monoisotopic (exact) mass is 221 g/mol. The molecule has 1 aliphatic carbocycles. The van der Waals surface area contributed by atoms with Gasteiger partial charge in [-0.15, -0.1) is 0 Å². The zero-order valence-electron chi connectivity index (χ0n) is 8.27. The number of alkyl halides is 2. The van der Waals surface area contributed by atoms with Crippen LogP contribution >= 0.6 is 11.8 Å². The summed E-state index contributed by atoms with van der Waals surface area (Å²) < 4.78 is 25.8. The largest absolute Gasteiger partial charge is 0.311 e. The first-order valence-corrected chi connectivity index (χ1v) is 6.53. The van der Waals surface area contributed by atoms with E-state index in [1.54, 1.807) is 0 Å². The summed E-state index contributed by atoms with van der Waals surface area (Å²) in [5.41, 5.74) is 0. The van der Waals surface area contributed by atoms with Crippen molar-refractivity contribution in [2.45, 2.75) is 50.1 Å². The average molecular weight is 221 g/mol. The Morgan fingerprint density at radius 2 is 1.79 bits per heavy atom. The smallest absolute Gasteiger partial charge is 0.249 e. The van der Waals surface area contributed by atoms with Gasteiger partial charge in [0.25, 0.3) is 0 Å². The number of thioether (sulfide) groups is 1. The molecule has 1 nitrogen and oxygen atoms in total. The van der Waals surface area contributed by atoms with Crippen LogP contribution in [-0.4, -0.2) is 29.5 Å². The lowest BCUT2D eigenvalue weighted by Crippen LogP contribution is -2.39. The fourth-order valence-corrected chi connectivity index (χ4v) is 3.40. The van der Waals surface area contributed by atoms with Crippen molar-refractivity contribution in [3.8, 4) is 0 Å². The maximum absolute atomic E-state index is 12.9. The molecule has 14 heavy (non-hydrogen) atoms. The highest BCUT2D eigenvalue weighted by atomic mass is 32.2. The molecule has 2 aliphatic rings. The number of halogens is 2. The van der Waals surface area contributed by atoms with Gasteiger partial charge in [-0.05, 0) is 30.8 Å². The first-order chi connectivity index (χ1) is 6.66. The lowest BCUT2D eigenvalue weighted by molar-refractivity contribution is 0.00656. The van der Waals surface area contributed by atoms with Crippen LogP contribution in [-0.2, 0) is 0 Å². The average Bonchev–Trinajstić information content (AvgIpc) is 2.47. The van der Waals surface area contributed by atoms with Crippen LogP contribution in [0.3, 0.4) is 0 Å². The molecule has 2 rings (SSSR count). The van der Waals surface area contributed by atoms with E-state index in [2.05, 4.69) is 5.32 Å². The fraction of sp³-hybridized carbons (Fsp3) is 1.00. The minimum atomic E-state index is -2.40. The third kappa shape index (κ3) is 2.83. The van der Waals surface area contributed by atoms with Crippen LogP contribution in [0.15, 0.2) is 0 Å². The second kappa shape index (κ2) is 4.35. The maximum atomic E-state index is 12.9. The van der Waals surface area contributed by atoms with E-state index in [1.165, 1.54) is 11.5 Å². The standard InChI is InChI=1S/C10H17F2NS/c11-10(12)4-1-9(7-10)13-8-2-5-14-6-3-8/h8-9,13H,1-7H2. The first kappa shape index (κ1) is 10.7. The lowest BCUT2D eigenvalue weighted by Gasteiger charge is -2.26. The van der Waals surface area contributed by atoms with Crippen molar-refractivity contribution in [3.63, 3.8) is 0 Å². The molecule has 0 amide bonds. The van der Waals surface area contributed by atoms with E-state index in [9.17, 15) is 8.78 Å². The normalized spacial score (nSPS) is 33.4. The molecular formula is C10H17F2NS. The molecular weight excluding hydrogens is 204 g/mol. The van der Waals surface area contributed by atoms with Crippen molar-refractivity contribution < 1.29 is 8.78 Å². The highest BCUT2D eigenvalue weighted by molar-refractivity contribution is 7.99. The molecule has 1 unspecified atom stereocenters. The van der Waals surface area contributed by atoms with Gasteiger partial charge in [-0.25, -0.2) is 8.78 Å². The van der Waals surface area contributed by atoms with Crippen LogP contribution in [0.2, 0.25) is 0 Å². The van der Waals surface area contributed by atoms with Crippen LogP contribution in [0.5, 0.6) is 0 Å². The maximum Gasteiger partial charge on any atom is 0.249 e. The third-order valence-electron chi connectivity index (χ3n) is 3.10. The molecule has 1 aliphatic heterocycles. The molecule has 2 fully saturated rings. The molecule has 1 heterocycles. The molecule has 1 atom stereocenters. The number of nitrogens with one attached hydrogen (secondary N) is 1. The topological polar surface area (TPSA) is 12.0 Å². The van der Waals surface area contributed by atoms with E-state index >= 15 is 0 Å². The zero-order chi connectivity index (χ0) is 10.0.